The highest BCUT2D eigenvalue weighted by molar-refractivity contribution is 7.09. The van der Waals surface area contributed by atoms with Gasteiger partial charge in [-0.05, 0) is 6.92 Å². The molecule has 0 saturated heterocycles. The van der Waals surface area contributed by atoms with Gasteiger partial charge in [-0.2, -0.15) is 22.5 Å². The molecular formula is C6H6F3N3O2S. The maximum Gasteiger partial charge on any atom is 0.452 e. The third kappa shape index (κ3) is 3.05. The minimum absolute atomic E-state index is 0.169. The van der Waals surface area contributed by atoms with Gasteiger partial charge in [0.2, 0.25) is 11.0 Å². The van der Waals surface area contributed by atoms with Crippen LogP contribution in [0.15, 0.2) is 0 Å². The van der Waals surface area contributed by atoms with Crippen molar-refractivity contribution in [2.75, 3.05) is 5.32 Å². The lowest BCUT2D eigenvalue weighted by Gasteiger charge is -2.05. The minimum atomic E-state index is -4.61. The molecule has 1 atom stereocenters. The molecule has 0 unspecified atom stereocenters. The summed E-state index contributed by atoms with van der Waals surface area (Å²) in [5, 5.41) is 10.6. The fourth-order valence-electron chi connectivity index (χ4n) is 0.644. The molecule has 0 amide bonds. The van der Waals surface area contributed by atoms with Crippen molar-refractivity contribution in [3.63, 3.8) is 0 Å². The van der Waals surface area contributed by atoms with Crippen LogP contribution in [0.2, 0.25) is 0 Å². The number of nitrogens with one attached hydrogen (secondary N) is 1. The van der Waals surface area contributed by atoms with Crippen LogP contribution in [-0.2, 0) is 11.0 Å². The van der Waals surface area contributed by atoms with Crippen molar-refractivity contribution in [2.24, 2.45) is 0 Å². The fourth-order valence-corrected chi connectivity index (χ4v) is 1.32. The smallest absolute Gasteiger partial charge is 0.452 e. The summed E-state index contributed by atoms with van der Waals surface area (Å²) in [4.78, 5) is 13.5. The predicted molar refractivity (Wildman–Crippen MR) is 45.6 cm³/mol. The van der Waals surface area contributed by atoms with Crippen LogP contribution in [0.25, 0.3) is 0 Å². The van der Waals surface area contributed by atoms with Gasteiger partial charge in [-0.25, -0.2) is 0 Å². The Bertz CT molecular complexity index is 365. The van der Waals surface area contributed by atoms with E-state index in [4.69, 9.17) is 5.11 Å². The summed E-state index contributed by atoms with van der Waals surface area (Å²) < 4.78 is 39.2. The number of hydrogen-bond acceptors (Lipinski definition) is 5. The molecule has 1 aromatic rings. The first kappa shape index (κ1) is 11.7. The van der Waals surface area contributed by atoms with E-state index in [1.54, 1.807) is 0 Å². The number of aromatic nitrogens is 2. The van der Waals surface area contributed by atoms with Gasteiger partial charge in [-0.3, -0.25) is 4.79 Å². The Morgan fingerprint density at radius 3 is 2.60 bits per heavy atom. The highest BCUT2D eigenvalue weighted by Gasteiger charge is 2.36. The van der Waals surface area contributed by atoms with Crippen molar-refractivity contribution in [1.82, 2.24) is 9.36 Å². The number of carboxylic acids is 1. The lowest BCUT2D eigenvalue weighted by molar-refractivity contribution is -0.144. The molecule has 0 aromatic carbocycles. The number of rotatable bonds is 3. The second-order valence-electron chi connectivity index (χ2n) is 2.63. The Balaban J connectivity index is 2.73. The largest absolute Gasteiger partial charge is 0.480 e. The zero-order valence-corrected chi connectivity index (χ0v) is 8.19. The van der Waals surface area contributed by atoms with E-state index in [-0.39, 0.29) is 5.13 Å². The second-order valence-corrected chi connectivity index (χ2v) is 3.38. The molecule has 0 saturated carbocycles. The summed E-state index contributed by atoms with van der Waals surface area (Å²) in [5.41, 5.74) is 0. The van der Waals surface area contributed by atoms with E-state index in [1.807, 2.05) is 0 Å². The van der Waals surface area contributed by atoms with Crippen molar-refractivity contribution >= 4 is 22.6 Å². The number of halogens is 3. The summed E-state index contributed by atoms with van der Waals surface area (Å²) in [6.45, 7) is 1.29. The summed E-state index contributed by atoms with van der Waals surface area (Å²) in [6, 6.07) is -1.01. The van der Waals surface area contributed by atoms with E-state index < -0.39 is 24.0 Å². The zero-order valence-electron chi connectivity index (χ0n) is 7.37. The maximum atomic E-state index is 12.0. The standard InChI is InChI=1S/C6H6F3N3O2S/c1-2(3(13)14)10-5-11-4(12-15-5)6(7,8)9/h2H,1H3,(H,13,14)(H,10,11,12)/t2-/m0/s1. The van der Waals surface area contributed by atoms with Gasteiger partial charge in [-0.15, -0.1) is 0 Å². The topological polar surface area (TPSA) is 75.1 Å². The number of nitrogens with zero attached hydrogens (tertiary/aromatic N) is 2. The van der Waals surface area contributed by atoms with Gasteiger partial charge in [0.15, 0.2) is 0 Å². The number of carboxylic acid groups (broad SMARTS) is 1. The van der Waals surface area contributed by atoms with Gasteiger partial charge in [0.1, 0.15) is 6.04 Å². The number of aliphatic carboxylic acids is 1. The SMILES string of the molecule is C[C@H](Nc1nc(C(F)(F)F)ns1)C(=O)O. The summed E-state index contributed by atoms with van der Waals surface area (Å²) in [7, 11) is 0. The van der Waals surface area contributed by atoms with Crippen LogP contribution in [-0.4, -0.2) is 26.5 Å². The van der Waals surface area contributed by atoms with Gasteiger partial charge in [0.25, 0.3) is 0 Å². The fraction of sp³-hybridized carbons (Fsp3) is 0.500. The molecule has 0 spiro atoms. The zero-order chi connectivity index (χ0) is 11.6. The highest BCUT2D eigenvalue weighted by Crippen LogP contribution is 2.28. The molecule has 84 valence electrons. The number of anilines is 1. The van der Waals surface area contributed by atoms with Crippen LogP contribution in [0, 0.1) is 0 Å². The average Bonchev–Trinajstić information content (AvgIpc) is 2.51. The molecule has 1 rings (SSSR count). The van der Waals surface area contributed by atoms with E-state index in [0.29, 0.717) is 11.5 Å². The number of alkyl halides is 3. The molecule has 0 aliphatic heterocycles. The lowest BCUT2D eigenvalue weighted by atomic mass is 10.4. The van der Waals surface area contributed by atoms with Crippen LogP contribution in [0.5, 0.6) is 0 Å². The molecule has 1 aromatic heterocycles. The molecule has 15 heavy (non-hydrogen) atoms. The summed E-state index contributed by atoms with van der Waals surface area (Å²) in [5.74, 6) is -2.45. The Kier molecular flexibility index (Phi) is 3.12. The molecule has 2 N–H and O–H groups in total. The monoisotopic (exact) mass is 241 g/mol. The van der Waals surface area contributed by atoms with E-state index in [9.17, 15) is 18.0 Å². The first-order valence-corrected chi connectivity index (χ1v) is 4.48. The van der Waals surface area contributed by atoms with E-state index >= 15 is 0 Å². The molecule has 1 heterocycles. The lowest BCUT2D eigenvalue weighted by Crippen LogP contribution is -2.25. The molecule has 0 bridgehead atoms. The first-order valence-electron chi connectivity index (χ1n) is 3.71. The normalized spacial score (nSPS) is 13.6. The maximum absolute atomic E-state index is 12.0. The van der Waals surface area contributed by atoms with Crippen molar-refractivity contribution in [2.45, 2.75) is 19.1 Å². The van der Waals surface area contributed by atoms with E-state index in [2.05, 4.69) is 14.7 Å². The third-order valence-corrected chi connectivity index (χ3v) is 2.04. The Labute approximate surface area is 86.1 Å². The van der Waals surface area contributed by atoms with E-state index in [1.165, 1.54) is 6.92 Å². The average molecular weight is 241 g/mol. The summed E-state index contributed by atoms with van der Waals surface area (Å²) in [6.07, 6.45) is -4.61. The van der Waals surface area contributed by atoms with Crippen molar-refractivity contribution in [1.29, 1.82) is 0 Å². The molecule has 0 aliphatic rings. The van der Waals surface area contributed by atoms with Crippen LogP contribution < -0.4 is 5.32 Å². The van der Waals surface area contributed by atoms with Crippen LogP contribution in [0.4, 0.5) is 18.3 Å². The van der Waals surface area contributed by atoms with Crippen LogP contribution >= 0.6 is 11.5 Å². The van der Waals surface area contributed by atoms with Gasteiger partial charge in [0.05, 0.1) is 0 Å². The Morgan fingerprint density at radius 2 is 2.20 bits per heavy atom. The van der Waals surface area contributed by atoms with Gasteiger partial charge in [-0.1, -0.05) is 0 Å². The molecule has 5 nitrogen and oxygen atoms in total. The van der Waals surface area contributed by atoms with Crippen LogP contribution in [0.1, 0.15) is 12.7 Å². The van der Waals surface area contributed by atoms with Crippen molar-refractivity contribution in [3.05, 3.63) is 5.82 Å². The Hall–Kier alpha value is -1.38. The number of hydrogen-bond donors (Lipinski definition) is 2. The van der Waals surface area contributed by atoms with Gasteiger partial charge in [0, 0.05) is 11.5 Å². The molecular weight excluding hydrogens is 235 g/mol. The molecule has 0 aliphatic carbocycles. The molecule has 9 heteroatoms. The quantitative estimate of drug-likeness (QED) is 0.837. The van der Waals surface area contributed by atoms with Crippen molar-refractivity contribution in [3.8, 4) is 0 Å². The summed E-state index contributed by atoms with van der Waals surface area (Å²) >= 11 is 0.467. The van der Waals surface area contributed by atoms with Gasteiger partial charge >= 0.3 is 12.1 Å². The second kappa shape index (κ2) is 4.01. The third-order valence-electron chi connectivity index (χ3n) is 1.39. The van der Waals surface area contributed by atoms with E-state index in [0.717, 1.165) is 0 Å². The van der Waals surface area contributed by atoms with Crippen molar-refractivity contribution < 1.29 is 23.1 Å². The van der Waals surface area contributed by atoms with Gasteiger partial charge < -0.3 is 10.4 Å². The molecule has 0 fully saturated rings. The number of carbonyl (C=O) groups is 1. The predicted octanol–water partition coefficient (Wildman–Crippen LogP) is 1.44. The molecule has 0 radical (unpaired) electrons. The first-order chi connectivity index (χ1) is 6.80. The highest BCUT2D eigenvalue weighted by atomic mass is 32.1. The van der Waals surface area contributed by atoms with Crippen LogP contribution in [0.3, 0.4) is 0 Å². The minimum Gasteiger partial charge on any atom is -0.480 e. The Morgan fingerprint density at radius 1 is 1.60 bits per heavy atom.